The predicted molar refractivity (Wildman–Crippen MR) is 62.1 cm³/mol. The van der Waals surface area contributed by atoms with Crippen LogP contribution in [0.15, 0.2) is 23.1 Å². The Hall–Kier alpha value is -0.0600. The van der Waals surface area contributed by atoms with Crippen molar-refractivity contribution in [3.05, 3.63) is 28.8 Å². The number of halogens is 2. The van der Waals surface area contributed by atoms with Crippen LogP contribution in [0.3, 0.4) is 0 Å². The third-order valence-electron chi connectivity index (χ3n) is 1.78. The van der Waals surface area contributed by atoms with Crippen LogP contribution in [0, 0.1) is 0 Å². The number of hydrogen-bond donors (Lipinski definition) is 0. The van der Waals surface area contributed by atoms with Gasteiger partial charge in [-0.25, -0.2) is 8.42 Å². The molecule has 0 unspecified atom stereocenters. The topological polar surface area (TPSA) is 34.1 Å². The second kappa shape index (κ2) is 4.64. The average molecular weight is 298 g/mol. The lowest BCUT2D eigenvalue weighted by Crippen LogP contribution is -1.98. The number of aryl methyl sites for hydroxylation is 1. The molecule has 14 heavy (non-hydrogen) atoms. The Morgan fingerprint density at radius 1 is 1.43 bits per heavy atom. The molecule has 0 saturated carbocycles. The maximum Gasteiger partial charge on any atom is 0.176 e. The summed E-state index contributed by atoms with van der Waals surface area (Å²) in [6.45, 7) is 0. The number of sulfone groups is 1. The monoisotopic (exact) mass is 296 g/mol. The van der Waals surface area contributed by atoms with Gasteiger partial charge in [0.1, 0.15) is 0 Å². The maximum atomic E-state index is 11.2. The Kier molecular flexibility index (Phi) is 3.98. The molecule has 0 aliphatic carbocycles. The van der Waals surface area contributed by atoms with Crippen molar-refractivity contribution in [1.82, 2.24) is 0 Å². The fraction of sp³-hybridized carbons (Fsp3) is 0.333. The van der Waals surface area contributed by atoms with Gasteiger partial charge in [-0.05, 0) is 24.1 Å². The first kappa shape index (κ1) is 12.0. The quantitative estimate of drug-likeness (QED) is 0.804. The van der Waals surface area contributed by atoms with Gasteiger partial charge in [0.25, 0.3) is 0 Å². The molecular formula is C9H10BrClO2S. The van der Waals surface area contributed by atoms with Gasteiger partial charge in [-0.3, -0.25) is 0 Å². The van der Waals surface area contributed by atoms with Crippen molar-refractivity contribution in [2.45, 2.75) is 11.3 Å². The van der Waals surface area contributed by atoms with Crippen LogP contribution in [0.4, 0.5) is 0 Å². The van der Waals surface area contributed by atoms with Gasteiger partial charge >= 0.3 is 0 Å². The van der Waals surface area contributed by atoms with Gasteiger partial charge in [0.15, 0.2) is 9.84 Å². The summed E-state index contributed by atoms with van der Waals surface area (Å²) in [5, 5.41) is 1.13. The van der Waals surface area contributed by atoms with Crippen molar-refractivity contribution in [2.75, 3.05) is 11.6 Å². The summed E-state index contributed by atoms with van der Waals surface area (Å²) in [5.41, 5.74) is 1.03. The van der Waals surface area contributed by atoms with E-state index in [4.69, 9.17) is 11.6 Å². The largest absolute Gasteiger partial charge is 0.224 e. The van der Waals surface area contributed by atoms with Crippen molar-refractivity contribution in [3.63, 3.8) is 0 Å². The number of alkyl halides is 1. The zero-order valence-corrected chi connectivity index (χ0v) is 10.8. The Balaban J connectivity index is 3.15. The lowest BCUT2D eigenvalue weighted by atomic mass is 10.2. The molecular weight excluding hydrogens is 288 g/mol. The fourth-order valence-corrected chi connectivity index (χ4v) is 2.92. The van der Waals surface area contributed by atoms with Crippen LogP contribution in [0.25, 0.3) is 0 Å². The summed E-state index contributed by atoms with van der Waals surface area (Å²) in [5.74, 6) is 0. The van der Waals surface area contributed by atoms with Crippen LogP contribution in [-0.2, 0) is 16.3 Å². The number of rotatable bonds is 3. The highest BCUT2D eigenvalue weighted by atomic mass is 79.9. The second-order valence-corrected chi connectivity index (χ2v) is 6.16. The van der Waals surface area contributed by atoms with Crippen LogP contribution < -0.4 is 0 Å². The molecule has 0 N–H and O–H groups in total. The first-order valence-corrected chi connectivity index (χ1v) is 7.38. The third kappa shape index (κ3) is 2.97. The van der Waals surface area contributed by atoms with E-state index in [1.54, 1.807) is 18.2 Å². The molecule has 2 nitrogen and oxygen atoms in total. The summed E-state index contributed by atoms with van der Waals surface area (Å²) in [4.78, 5) is 0.192. The van der Waals surface area contributed by atoms with Crippen molar-refractivity contribution >= 4 is 37.4 Å². The lowest BCUT2D eigenvalue weighted by molar-refractivity contribution is 0.602. The molecule has 0 spiro atoms. The standard InChI is InChI=1S/C9H10BrClO2S/c1-14(12,13)9-3-2-7(4-5-10)6-8(9)11/h2-3,6H,4-5H2,1H3. The van der Waals surface area contributed by atoms with Crippen LogP contribution >= 0.6 is 27.5 Å². The molecule has 0 radical (unpaired) electrons. The summed E-state index contributed by atoms with van der Waals surface area (Å²) in [6.07, 6.45) is 1.99. The molecule has 0 aliphatic heterocycles. The van der Waals surface area contributed by atoms with E-state index in [1.165, 1.54) is 0 Å². The Morgan fingerprint density at radius 3 is 2.50 bits per heavy atom. The van der Waals surface area contributed by atoms with E-state index in [-0.39, 0.29) is 4.90 Å². The Morgan fingerprint density at radius 2 is 2.07 bits per heavy atom. The van der Waals surface area contributed by atoms with Gasteiger partial charge < -0.3 is 0 Å². The fourth-order valence-electron chi connectivity index (χ4n) is 1.11. The number of benzene rings is 1. The smallest absolute Gasteiger partial charge is 0.176 e. The van der Waals surface area contributed by atoms with Crippen LogP contribution in [0.5, 0.6) is 0 Å². The summed E-state index contributed by atoms with van der Waals surface area (Å²) in [6, 6.07) is 5.03. The minimum Gasteiger partial charge on any atom is -0.224 e. The highest BCUT2D eigenvalue weighted by Gasteiger charge is 2.11. The molecule has 78 valence electrons. The van der Waals surface area contributed by atoms with E-state index in [2.05, 4.69) is 15.9 Å². The number of hydrogen-bond acceptors (Lipinski definition) is 2. The van der Waals surface area contributed by atoms with E-state index in [0.717, 1.165) is 23.6 Å². The highest BCUT2D eigenvalue weighted by Crippen LogP contribution is 2.22. The Labute approximate surface area is 97.3 Å². The minimum absolute atomic E-state index is 0.192. The predicted octanol–water partition coefficient (Wildman–Crippen LogP) is 2.68. The van der Waals surface area contributed by atoms with Crippen molar-refractivity contribution in [1.29, 1.82) is 0 Å². The molecule has 1 aromatic carbocycles. The summed E-state index contributed by atoms with van der Waals surface area (Å²) < 4.78 is 22.5. The van der Waals surface area contributed by atoms with E-state index in [0.29, 0.717) is 5.02 Å². The van der Waals surface area contributed by atoms with Gasteiger partial charge in [0.2, 0.25) is 0 Å². The molecule has 0 amide bonds. The van der Waals surface area contributed by atoms with Gasteiger partial charge in [-0.2, -0.15) is 0 Å². The molecule has 0 aromatic heterocycles. The van der Waals surface area contributed by atoms with Gasteiger partial charge in [-0.1, -0.05) is 33.6 Å². The van der Waals surface area contributed by atoms with Crippen LogP contribution in [-0.4, -0.2) is 20.0 Å². The lowest BCUT2D eigenvalue weighted by Gasteiger charge is -2.04. The third-order valence-corrected chi connectivity index (χ3v) is 3.76. The van der Waals surface area contributed by atoms with Crippen molar-refractivity contribution < 1.29 is 8.42 Å². The van der Waals surface area contributed by atoms with Crippen LogP contribution in [0.1, 0.15) is 5.56 Å². The van der Waals surface area contributed by atoms with E-state index < -0.39 is 9.84 Å². The van der Waals surface area contributed by atoms with Crippen LogP contribution in [0.2, 0.25) is 5.02 Å². The van der Waals surface area contributed by atoms with E-state index in [1.807, 2.05) is 0 Å². The van der Waals surface area contributed by atoms with Gasteiger partial charge in [-0.15, -0.1) is 0 Å². The molecule has 0 fully saturated rings. The maximum absolute atomic E-state index is 11.2. The highest BCUT2D eigenvalue weighted by molar-refractivity contribution is 9.09. The molecule has 1 rings (SSSR count). The molecule has 5 heteroatoms. The normalized spacial score (nSPS) is 11.6. The summed E-state index contributed by atoms with van der Waals surface area (Å²) >= 11 is 9.16. The van der Waals surface area contributed by atoms with Gasteiger partial charge in [0, 0.05) is 11.6 Å². The minimum atomic E-state index is -3.21. The zero-order valence-electron chi connectivity index (χ0n) is 7.63. The SMILES string of the molecule is CS(=O)(=O)c1ccc(CCBr)cc1Cl. The van der Waals surface area contributed by atoms with Crippen molar-refractivity contribution in [2.24, 2.45) is 0 Å². The second-order valence-electron chi connectivity index (χ2n) is 2.98. The molecule has 0 bridgehead atoms. The Bertz CT molecular complexity index is 428. The molecule has 0 aliphatic rings. The molecule has 1 aromatic rings. The van der Waals surface area contributed by atoms with E-state index in [9.17, 15) is 8.42 Å². The zero-order chi connectivity index (χ0) is 10.8. The molecule has 0 heterocycles. The molecule has 0 atom stereocenters. The first-order chi connectivity index (χ1) is 6.45. The van der Waals surface area contributed by atoms with Crippen molar-refractivity contribution in [3.8, 4) is 0 Å². The first-order valence-electron chi connectivity index (χ1n) is 3.99. The average Bonchev–Trinajstić information content (AvgIpc) is 2.02. The van der Waals surface area contributed by atoms with E-state index >= 15 is 0 Å². The molecule has 0 saturated heterocycles. The summed E-state index contributed by atoms with van der Waals surface area (Å²) in [7, 11) is -3.21. The van der Waals surface area contributed by atoms with Gasteiger partial charge in [0.05, 0.1) is 9.92 Å².